The number of rotatable bonds is 2. The first-order valence-electron chi connectivity index (χ1n) is 6.07. The van der Waals surface area contributed by atoms with Gasteiger partial charge in [0.2, 0.25) is 0 Å². The highest BCUT2D eigenvalue weighted by atomic mass is 35.5. The minimum atomic E-state index is -0.205. The zero-order chi connectivity index (χ0) is 15.0. The molecule has 0 saturated heterocycles. The number of hydrogen-bond acceptors (Lipinski definition) is 1. The maximum absolute atomic E-state index is 12.1. The first kappa shape index (κ1) is 14.3. The second kappa shape index (κ2) is 5.60. The Labute approximate surface area is 135 Å². The average Bonchev–Trinajstić information content (AvgIpc) is 2.84. The third kappa shape index (κ3) is 2.86. The highest BCUT2D eigenvalue weighted by molar-refractivity contribution is 6.42. The molecule has 0 amide bonds. The highest BCUT2D eigenvalue weighted by Crippen LogP contribution is 2.25. The van der Waals surface area contributed by atoms with Gasteiger partial charge in [-0.3, -0.25) is 14.6 Å². The van der Waals surface area contributed by atoms with Crippen molar-refractivity contribution in [2.24, 2.45) is 0 Å². The lowest BCUT2D eigenvalue weighted by Crippen LogP contribution is -2.05. The minimum Gasteiger partial charge on any atom is -0.267 e. The lowest BCUT2D eigenvalue weighted by atomic mass is 10.1. The topological polar surface area (TPSA) is 37.8 Å². The van der Waals surface area contributed by atoms with Gasteiger partial charge in [-0.25, -0.2) is 0 Å². The summed E-state index contributed by atoms with van der Waals surface area (Å²) in [6.07, 6.45) is 1.70. The van der Waals surface area contributed by atoms with Crippen LogP contribution < -0.4 is 5.56 Å². The van der Waals surface area contributed by atoms with Crippen LogP contribution in [0.3, 0.4) is 0 Å². The van der Waals surface area contributed by atoms with E-state index in [4.69, 9.17) is 34.8 Å². The van der Waals surface area contributed by atoms with Crippen molar-refractivity contribution in [3.05, 3.63) is 74.1 Å². The normalized spacial score (nSPS) is 10.8. The van der Waals surface area contributed by atoms with Crippen LogP contribution in [0.2, 0.25) is 15.1 Å². The van der Waals surface area contributed by atoms with E-state index >= 15 is 0 Å². The number of halogens is 3. The molecule has 0 aliphatic carbocycles. The van der Waals surface area contributed by atoms with Crippen molar-refractivity contribution in [2.45, 2.75) is 0 Å². The van der Waals surface area contributed by atoms with Crippen LogP contribution in [-0.4, -0.2) is 9.78 Å². The van der Waals surface area contributed by atoms with Gasteiger partial charge in [-0.1, -0.05) is 46.9 Å². The molecule has 3 aromatic rings. The summed E-state index contributed by atoms with van der Waals surface area (Å²) in [4.78, 5) is 12.1. The number of aromatic nitrogens is 2. The van der Waals surface area contributed by atoms with Crippen molar-refractivity contribution in [2.75, 3.05) is 0 Å². The van der Waals surface area contributed by atoms with Crippen molar-refractivity contribution in [1.82, 2.24) is 9.78 Å². The van der Waals surface area contributed by atoms with Crippen LogP contribution in [0, 0.1) is 0 Å². The van der Waals surface area contributed by atoms with E-state index in [9.17, 15) is 4.79 Å². The summed E-state index contributed by atoms with van der Waals surface area (Å²) in [5.74, 6) is 0. The van der Waals surface area contributed by atoms with Crippen LogP contribution >= 0.6 is 34.8 Å². The molecule has 3 rings (SSSR count). The van der Waals surface area contributed by atoms with Gasteiger partial charge in [0.1, 0.15) is 0 Å². The molecule has 6 heteroatoms. The van der Waals surface area contributed by atoms with E-state index in [0.717, 1.165) is 11.3 Å². The van der Waals surface area contributed by atoms with E-state index in [0.29, 0.717) is 20.6 Å². The molecule has 1 N–H and O–H groups in total. The number of benzene rings is 2. The predicted octanol–water partition coefficient (Wildman–Crippen LogP) is 4.79. The van der Waals surface area contributed by atoms with Crippen molar-refractivity contribution in [1.29, 1.82) is 0 Å². The van der Waals surface area contributed by atoms with Crippen LogP contribution in [0.15, 0.2) is 53.5 Å². The Morgan fingerprint density at radius 2 is 1.76 bits per heavy atom. The van der Waals surface area contributed by atoms with E-state index in [1.807, 2.05) is 6.07 Å². The van der Waals surface area contributed by atoms with Crippen LogP contribution in [0.25, 0.3) is 16.8 Å². The van der Waals surface area contributed by atoms with Gasteiger partial charge in [0.05, 0.1) is 21.3 Å². The molecule has 0 atom stereocenters. The van der Waals surface area contributed by atoms with Gasteiger partial charge < -0.3 is 0 Å². The summed E-state index contributed by atoms with van der Waals surface area (Å²) < 4.78 is 1.60. The fourth-order valence-electron chi connectivity index (χ4n) is 2.03. The molecule has 0 spiro atoms. The van der Waals surface area contributed by atoms with Crippen molar-refractivity contribution < 1.29 is 0 Å². The zero-order valence-electron chi connectivity index (χ0n) is 10.6. The molecule has 0 unspecified atom stereocenters. The molecule has 1 aromatic heterocycles. The minimum absolute atomic E-state index is 0.205. The molecule has 0 bridgehead atoms. The Kier molecular flexibility index (Phi) is 3.81. The monoisotopic (exact) mass is 338 g/mol. The number of nitrogens with zero attached hydrogens (tertiary/aromatic N) is 1. The highest BCUT2D eigenvalue weighted by Gasteiger charge is 2.09. The summed E-state index contributed by atoms with van der Waals surface area (Å²) in [6.45, 7) is 0. The van der Waals surface area contributed by atoms with Gasteiger partial charge >= 0.3 is 0 Å². The molecule has 3 nitrogen and oxygen atoms in total. The zero-order valence-corrected chi connectivity index (χ0v) is 12.9. The molecule has 0 fully saturated rings. The lowest BCUT2D eigenvalue weighted by Gasteiger charge is -2.03. The molecule has 0 aliphatic rings. The van der Waals surface area contributed by atoms with Gasteiger partial charge in [-0.05, 0) is 35.9 Å². The van der Waals surface area contributed by atoms with Crippen LogP contribution in [0.4, 0.5) is 0 Å². The molecular weight excluding hydrogens is 331 g/mol. The Bertz CT molecular complexity index is 867. The number of aromatic amines is 1. The van der Waals surface area contributed by atoms with Crippen molar-refractivity contribution >= 4 is 34.8 Å². The van der Waals surface area contributed by atoms with E-state index in [1.54, 1.807) is 47.3 Å². The number of hydrogen-bond donors (Lipinski definition) is 1. The molecule has 2 aromatic carbocycles. The first-order chi connectivity index (χ1) is 10.0. The fourth-order valence-corrected chi connectivity index (χ4v) is 2.51. The molecule has 0 aliphatic heterocycles. The van der Waals surface area contributed by atoms with Gasteiger partial charge in [0.15, 0.2) is 0 Å². The molecule has 21 heavy (non-hydrogen) atoms. The molecule has 1 heterocycles. The summed E-state index contributed by atoms with van der Waals surface area (Å²) in [7, 11) is 0. The predicted molar refractivity (Wildman–Crippen MR) is 86.9 cm³/mol. The number of nitrogens with one attached hydrogen (secondary N) is 1. The summed E-state index contributed by atoms with van der Waals surface area (Å²) in [5.41, 5.74) is 1.80. The Morgan fingerprint density at radius 3 is 2.48 bits per heavy atom. The molecule has 0 radical (unpaired) electrons. The van der Waals surface area contributed by atoms with E-state index in [2.05, 4.69) is 5.10 Å². The summed E-state index contributed by atoms with van der Waals surface area (Å²) >= 11 is 17.8. The first-order valence-corrected chi connectivity index (χ1v) is 7.21. The second-order valence-corrected chi connectivity index (χ2v) is 5.71. The second-order valence-electron chi connectivity index (χ2n) is 4.46. The molecular formula is C15H9Cl3N2O. The Morgan fingerprint density at radius 1 is 0.952 bits per heavy atom. The quantitative estimate of drug-likeness (QED) is 0.716. The average molecular weight is 340 g/mol. The van der Waals surface area contributed by atoms with Crippen LogP contribution in [0.1, 0.15) is 0 Å². The number of H-pyrrole nitrogens is 1. The third-order valence-electron chi connectivity index (χ3n) is 3.04. The smallest absolute Gasteiger partial charge is 0.267 e. The Balaban J connectivity index is 2.09. The fraction of sp³-hybridized carbons (Fsp3) is 0. The molecule has 0 saturated carbocycles. The van der Waals surface area contributed by atoms with Crippen molar-refractivity contribution in [3.63, 3.8) is 0 Å². The van der Waals surface area contributed by atoms with Gasteiger partial charge in [-0.15, -0.1) is 0 Å². The van der Waals surface area contributed by atoms with Gasteiger partial charge in [0, 0.05) is 11.2 Å². The third-order valence-corrected chi connectivity index (χ3v) is 4.02. The van der Waals surface area contributed by atoms with E-state index < -0.39 is 0 Å². The van der Waals surface area contributed by atoms with Crippen molar-refractivity contribution in [3.8, 4) is 16.8 Å². The summed E-state index contributed by atoms with van der Waals surface area (Å²) in [6, 6.07) is 12.3. The maximum atomic E-state index is 12.1. The van der Waals surface area contributed by atoms with Crippen LogP contribution in [-0.2, 0) is 0 Å². The lowest BCUT2D eigenvalue weighted by molar-refractivity contribution is 0.864. The van der Waals surface area contributed by atoms with Gasteiger partial charge in [0.25, 0.3) is 5.56 Å². The maximum Gasteiger partial charge on any atom is 0.272 e. The SMILES string of the molecule is O=c1[nH]n(-c2ccc(Cl)c(Cl)c2)cc1-c1cccc(Cl)c1. The largest absolute Gasteiger partial charge is 0.272 e. The van der Waals surface area contributed by atoms with E-state index in [1.165, 1.54) is 0 Å². The summed E-state index contributed by atoms with van der Waals surface area (Å²) in [5, 5.41) is 4.21. The van der Waals surface area contributed by atoms with Crippen LogP contribution in [0.5, 0.6) is 0 Å². The standard InChI is InChI=1S/C15H9Cl3N2O/c16-10-3-1-2-9(6-10)12-8-20(19-15(12)21)11-4-5-13(17)14(18)7-11/h1-8H,(H,19,21). The van der Waals surface area contributed by atoms with E-state index in [-0.39, 0.29) is 5.56 Å². The van der Waals surface area contributed by atoms with Gasteiger partial charge in [-0.2, -0.15) is 0 Å². The Hall–Kier alpha value is -1.68. The molecule has 106 valence electrons.